The lowest BCUT2D eigenvalue weighted by molar-refractivity contribution is 0.468. The molecule has 94 valence electrons. The molecule has 0 atom stereocenters. The highest BCUT2D eigenvalue weighted by molar-refractivity contribution is 5.82. The molecule has 0 saturated heterocycles. The Bertz CT molecular complexity index is 216. The van der Waals surface area contributed by atoms with E-state index in [2.05, 4.69) is 10.2 Å². The zero-order valence-corrected chi connectivity index (χ0v) is 11.7. The number of hydrogen-bond donors (Lipinski definition) is 0. The highest BCUT2D eigenvalue weighted by Gasteiger charge is 2.06. The number of hydrogen-bond acceptors (Lipinski definition) is 2. The molecular weight excluding hydrogens is 204 g/mol. The van der Waals surface area contributed by atoms with Gasteiger partial charge in [-0.05, 0) is 0 Å². The van der Waals surface area contributed by atoms with Crippen molar-refractivity contribution in [2.75, 3.05) is 56.4 Å². The van der Waals surface area contributed by atoms with Crippen molar-refractivity contribution in [2.45, 2.75) is 0 Å². The molecule has 0 aromatic rings. The van der Waals surface area contributed by atoms with Gasteiger partial charge in [-0.15, -0.1) is 10.2 Å². The van der Waals surface area contributed by atoms with Gasteiger partial charge in [-0.3, -0.25) is 0 Å². The average molecular weight is 228 g/mol. The molecule has 6 nitrogen and oxygen atoms in total. The van der Waals surface area contributed by atoms with Crippen LogP contribution in [0, 0.1) is 0 Å². The van der Waals surface area contributed by atoms with Crippen LogP contribution in [0.3, 0.4) is 0 Å². The predicted octanol–water partition coefficient (Wildman–Crippen LogP) is -0.140. The van der Waals surface area contributed by atoms with Gasteiger partial charge in [0.05, 0.1) is 0 Å². The van der Waals surface area contributed by atoms with Crippen LogP contribution in [0.25, 0.3) is 0 Å². The molecule has 0 unspecified atom stereocenters. The van der Waals surface area contributed by atoms with Crippen molar-refractivity contribution in [3.8, 4) is 0 Å². The monoisotopic (exact) mass is 228 g/mol. The summed E-state index contributed by atoms with van der Waals surface area (Å²) in [5, 5.41) is 8.48. The first-order valence-electron chi connectivity index (χ1n) is 5.12. The van der Waals surface area contributed by atoms with Crippen molar-refractivity contribution in [1.29, 1.82) is 0 Å². The molecule has 0 saturated carbocycles. The number of guanidine groups is 2. The molecule has 0 fully saturated rings. The lowest BCUT2D eigenvalue weighted by Crippen LogP contribution is -2.37. The minimum atomic E-state index is 0.807. The van der Waals surface area contributed by atoms with Crippen molar-refractivity contribution < 1.29 is 0 Å². The quantitative estimate of drug-likeness (QED) is 0.356. The SMILES string of the molecule is CN(C)C(=NN=C(N(C)C)N(C)C)N(C)C. The maximum absolute atomic E-state index is 4.24. The van der Waals surface area contributed by atoms with Gasteiger partial charge >= 0.3 is 0 Å². The Morgan fingerprint density at radius 1 is 0.500 bits per heavy atom. The summed E-state index contributed by atoms with van der Waals surface area (Å²) in [5.74, 6) is 1.61. The third-order valence-corrected chi connectivity index (χ3v) is 1.83. The van der Waals surface area contributed by atoms with Crippen LogP contribution in [-0.2, 0) is 0 Å². The molecule has 0 aliphatic carbocycles. The third kappa shape index (κ3) is 4.37. The molecule has 0 aliphatic heterocycles. The molecule has 0 aliphatic rings. The molecule has 0 aromatic carbocycles. The lowest BCUT2D eigenvalue weighted by Gasteiger charge is -2.23. The average Bonchev–Trinajstić information content (AvgIpc) is 2.09. The van der Waals surface area contributed by atoms with Crippen LogP contribution in [0.2, 0.25) is 0 Å². The smallest absolute Gasteiger partial charge is 0.220 e. The van der Waals surface area contributed by atoms with E-state index in [0.717, 1.165) is 11.9 Å². The van der Waals surface area contributed by atoms with Gasteiger partial charge in [0, 0.05) is 56.4 Å². The zero-order valence-electron chi connectivity index (χ0n) is 11.7. The van der Waals surface area contributed by atoms with Gasteiger partial charge in [-0.25, -0.2) is 0 Å². The fraction of sp³-hybridized carbons (Fsp3) is 0.800. The summed E-state index contributed by atoms with van der Waals surface area (Å²) < 4.78 is 0. The van der Waals surface area contributed by atoms with Gasteiger partial charge in [0.2, 0.25) is 11.9 Å². The van der Waals surface area contributed by atoms with Crippen LogP contribution in [0.4, 0.5) is 0 Å². The van der Waals surface area contributed by atoms with E-state index >= 15 is 0 Å². The van der Waals surface area contributed by atoms with Crippen molar-refractivity contribution in [1.82, 2.24) is 19.6 Å². The number of rotatable bonds is 1. The van der Waals surface area contributed by atoms with Gasteiger partial charge in [0.15, 0.2) is 0 Å². The van der Waals surface area contributed by atoms with Gasteiger partial charge in [0.25, 0.3) is 0 Å². The maximum atomic E-state index is 4.24. The van der Waals surface area contributed by atoms with Crippen LogP contribution in [0.1, 0.15) is 0 Å². The van der Waals surface area contributed by atoms with Crippen molar-refractivity contribution >= 4 is 11.9 Å². The van der Waals surface area contributed by atoms with Crippen LogP contribution >= 0.6 is 0 Å². The zero-order chi connectivity index (χ0) is 12.9. The fourth-order valence-electron chi connectivity index (χ4n) is 1.25. The van der Waals surface area contributed by atoms with Crippen LogP contribution in [-0.4, -0.2) is 87.9 Å². The summed E-state index contributed by atoms with van der Waals surface area (Å²) >= 11 is 0. The van der Waals surface area contributed by atoms with Crippen LogP contribution in [0.5, 0.6) is 0 Å². The molecule has 0 spiro atoms. The fourth-order valence-corrected chi connectivity index (χ4v) is 1.25. The summed E-state index contributed by atoms with van der Waals surface area (Å²) in [6.07, 6.45) is 0. The van der Waals surface area contributed by atoms with E-state index in [1.165, 1.54) is 0 Å². The molecule has 0 bridgehead atoms. The van der Waals surface area contributed by atoms with Crippen molar-refractivity contribution in [3.05, 3.63) is 0 Å². The molecule has 0 rings (SSSR count). The number of nitrogens with zero attached hydrogens (tertiary/aromatic N) is 6. The topological polar surface area (TPSA) is 37.7 Å². The van der Waals surface area contributed by atoms with Crippen LogP contribution < -0.4 is 0 Å². The summed E-state index contributed by atoms with van der Waals surface area (Å²) in [4.78, 5) is 7.69. The highest BCUT2D eigenvalue weighted by Crippen LogP contribution is 1.94. The summed E-state index contributed by atoms with van der Waals surface area (Å²) in [6, 6.07) is 0. The Hall–Kier alpha value is -1.46. The first-order chi connectivity index (χ1) is 7.27. The van der Waals surface area contributed by atoms with Crippen molar-refractivity contribution in [2.24, 2.45) is 10.2 Å². The van der Waals surface area contributed by atoms with E-state index in [1.54, 1.807) is 0 Å². The lowest BCUT2D eigenvalue weighted by atomic mass is 10.7. The molecule has 0 heterocycles. The van der Waals surface area contributed by atoms with E-state index in [0.29, 0.717) is 0 Å². The Labute approximate surface area is 98.8 Å². The second kappa shape index (κ2) is 6.19. The van der Waals surface area contributed by atoms with Gasteiger partial charge in [-0.2, -0.15) is 0 Å². The first-order valence-corrected chi connectivity index (χ1v) is 5.12. The van der Waals surface area contributed by atoms with Gasteiger partial charge in [0.1, 0.15) is 0 Å². The molecule has 0 N–H and O–H groups in total. The Kier molecular flexibility index (Phi) is 5.63. The van der Waals surface area contributed by atoms with E-state index in [9.17, 15) is 0 Å². The largest absolute Gasteiger partial charge is 0.347 e. The highest BCUT2D eigenvalue weighted by atomic mass is 15.5. The minimum Gasteiger partial charge on any atom is -0.347 e. The second-order valence-electron chi connectivity index (χ2n) is 4.38. The summed E-state index contributed by atoms with van der Waals surface area (Å²) in [5.41, 5.74) is 0. The molecular formula is C10H24N6. The normalized spacial score (nSPS) is 9.25. The predicted molar refractivity (Wildman–Crippen MR) is 69.6 cm³/mol. The standard InChI is InChI=1S/C10H24N6/c1-13(2)9(14(3)4)11-12-10(15(5)6)16(7)8/h1-8H3. The summed E-state index contributed by atoms with van der Waals surface area (Å²) in [7, 11) is 15.6. The van der Waals surface area contributed by atoms with E-state index in [1.807, 2.05) is 76.0 Å². The first kappa shape index (κ1) is 14.5. The second-order valence-corrected chi connectivity index (χ2v) is 4.38. The molecule has 0 aromatic heterocycles. The summed E-state index contributed by atoms with van der Waals surface area (Å²) in [6.45, 7) is 0. The Morgan fingerprint density at radius 3 is 0.812 bits per heavy atom. The van der Waals surface area contributed by atoms with E-state index in [-0.39, 0.29) is 0 Å². The Balaban J connectivity index is 5.03. The van der Waals surface area contributed by atoms with E-state index < -0.39 is 0 Å². The van der Waals surface area contributed by atoms with Gasteiger partial charge in [-0.1, -0.05) is 0 Å². The minimum absolute atomic E-state index is 0.807. The Morgan fingerprint density at radius 2 is 0.688 bits per heavy atom. The molecule has 0 amide bonds. The van der Waals surface area contributed by atoms with Crippen molar-refractivity contribution in [3.63, 3.8) is 0 Å². The maximum Gasteiger partial charge on any atom is 0.220 e. The molecule has 16 heavy (non-hydrogen) atoms. The third-order valence-electron chi connectivity index (χ3n) is 1.83. The van der Waals surface area contributed by atoms with Crippen LogP contribution in [0.15, 0.2) is 10.2 Å². The van der Waals surface area contributed by atoms with E-state index in [4.69, 9.17) is 0 Å². The van der Waals surface area contributed by atoms with Gasteiger partial charge < -0.3 is 19.6 Å². The molecule has 0 radical (unpaired) electrons. The molecule has 6 heteroatoms.